The van der Waals surface area contributed by atoms with Gasteiger partial charge in [0.2, 0.25) is 0 Å². The van der Waals surface area contributed by atoms with Crippen molar-refractivity contribution in [1.29, 1.82) is 0 Å². The Hall–Kier alpha value is -3.34. The summed E-state index contributed by atoms with van der Waals surface area (Å²) in [5.41, 5.74) is 4.05. The van der Waals surface area contributed by atoms with Crippen molar-refractivity contribution in [2.24, 2.45) is 5.92 Å². The minimum atomic E-state index is -0.463. The lowest BCUT2D eigenvalue weighted by atomic mass is 9.68. The molecule has 0 spiro atoms. The zero-order valence-electron chi connectivity index (χ0n) is 18.1. The quantitative estimate of drug-likeness (QED) is 0.727. The van der Waals surface area contributed by atoms with Crippen LogP contribution in [-0.2, 0) is 14.3 Å². The Labute approximate surface area is 182 Å². The second-order valence-electron chi connectivity index (χ2n) is 7.93. The van der Waals surface area contributed by atoms with Gasteiger partial charge in [0.05, 0.1) is 25.2 Å². The van der Waals surface area contributed by atoms with Crippen LogP contribution in [0.15, 0.2) is 77.6 Å². The number of esters is 1. The maximum absolute atomic E-state index is 13.5. The number of carbonyl (C=O) groups excluding carboxylic acids is 2. The van der Waals surface area contributed by atoms with Gasteiger partial charge < -0.3 is 14.8 Å². The molecule has 0 aromatic heterocycles. The average Bonchev–Trinajstić information content (AvgIpc) is 2.78. The van der Waals surface area contributed by atoms with Gasteiger partial charge in [0.15, 0.2) is 0 Å². The summed E-state index contributed by atoms with van der Waals surface area (Å²) in [5, 5.41) is 3.35. The number of fused-ring (bicyclic) bond motifs is 1. The van der Waals surface area contributed by atoms with E-state index < -0.39 is 17.8 Å². The van der Waals surface area contributed by atoms with Crippen LogP contribution >= 0.6 is 0 Å². The number of hydrogen-bond acceptors (Lipinski definition) is 5. The highest BCUT2D eigenvalue weighted by atomic mass is 16.5. The lowest BCUT2D eigenvalue weighted by Crippen LogP contribution is -2.42. The molecule has 5 nitrogen and oxygen atoms in total. The van der Waals surface area contributed by atoms with Crippen LogP contribution < -0.4 is 10.1 Å². The third-order valence-electron chi connectivity index (χ3n) is 6.04. The van der Waals surface area contributed by atoms with Gasteiger partial charge in [0, 0.05) is 29.7 Å². The Balaban J connectivity index is 1.84. The normalized spacial score (nSPS) is 22.9. The number of Topliss-reactive ketones (excluding diaryl/α,β-unsaturated/α-hetero) is 1. The Morgan fingerprint density at radius 2 is 1.81 bits per heavy atom. The van der Waals surface area contributed by atoms with E-state index in [1.165, 1.54) is 0 Å². The molecule has 31 heavy (non-hydrogen) atoms. The monoisotopic (exact) mass is 417 g/mol. The van der Waals surface area contributed by atoms with Gasteiger partial charge in [0.1, 0.15) is 11.5 Å². The minimum Gasteiger partial charge on any atom is -0.497 e. The number of ether oxygens (including phenoxy) is 2. The summed E-state index contributed by atoms with van der Waals surface area (Å²) < 4.78 is 10.8. The van der Waals surface area contributed by atoms with Crippen LogP contribution in [0.4, 0.5) is 0 Å². The molecule has 1 aliphatic heterocycles. The molecule has 0 saturated heterocycles. The van der Waals surface area contributed by atoms with Gasteiger partial charge in [-0.05, 0) is 37.1 Å². The Morgan fingerprint density at radius 1 is 1.06 bits per heavy atom. The highest BCUT2D eigenvalue weighted by Crippen LogP contribution is 2.46. The molecule has 3 unspecified atom stereocenters. The summed E-state index contributed by atoms with van der Waals surface area (Å²) in [7, 11) is 1.61. The van der Waals surface area contributed by atoms with E-state index in [9.17, 15) is 9.59 Å². The number of ketones is 1. The molecular formula is C26H27NO4. The number of allylic oxidation sites excluding steroid dienone is 3. The first-order valence-corrected chi connectivity index (χ1v) is 10.6. The molecule has 0 saturated carbocycles. The van der Waals surface area contributed by atoms with E-state index in [2.05, 4.69) is 11.4 Å². The smallest absolute Gasteiger partial charge is 0.336 e. The maximum atomic E-state index is 13.5. The third-order valence-corrected chi connectivity index (χ3v) is 6.04. The predicted molar refractivity (Wildman–Crippen MR) is 119 cm³/mol. The molecule has 160 valence electrons. The second-order valence-corrected chi connectivity index (χ2v) is 7.93. The second kappa shape index (κ2) is 8.80. The molecule has 2 aromatic rings. The van der Waals surface area contributed by atoms with E-state index in [1.54, 1.807) is 14.0 Å². The van der Waals surface area contributed by atoms with Crippen molar-refractivity contribution in [3.8, 4) is 5.75 Å². The fourth-order valence-corrected chi connectivity index (χ4v) is 4.66. The highest BCUT2D eigenvalue weighted by molar-refractivity contribution is 5.96. The summed E-state index contributed by atoms with van der Waals surface area (Å²) in [5.74, 6) is -0.470. The number of carbonyl (C=O) groups is 2. The van der Waals surface area contributed by atoms with Crippen molar-refractivity contribution in [1.82, 2.24) is 5.32 Å². The summed E-state index contributed by atoms with van der Waals surface area (Å²) in [6, 6.07) is 17.6. The zero-order chi connectivity index (χ0) is 22.0. The summed E-state index contributed by atoms with van der Waals surface area (Å²) >= 11 is 0. The summed E-state index contributed by atoms with van der Waals surface area (Å²) in [6.07, 6.45) is 2.54. The van der Waals surface area contributed by atoms with Crippen LogP contribution in [0.1, 0.15) is 43.2 Å². The molecular weight excluding hydrogens is 390 g/mol. The number of rotatable bonds is 5. The third kappa shape index (κ3) is 4.00. The molecule has 1 aliphatic carbocycles. The Kier molecular flexibility index (Phi) is 5.94. The van der Waals surface area contributed by atoms with Crippen molar-refractivity contribution >= 4 is 11.8 Å². The van der Waals surface area contributed by atoms with Gasteiger partial charge in [-0.1, -0.05) is 48.5 Å². The molecule has 0 amide bonds. The molecule has 0 radical (unpaired) electrons. The Bertz CT molecular complexity index is 1050. The van der Waals surface area contributed by atoms with E-state index in [1.807, 2.05) is 61.5 Å². The van der Waals surface area contributed by atoms with Crippen LogP contribution in [0.2, 0.25) is 0 Å². The fourth-order valence-electron chi connectivity index (χ4n) is 4.66. The molecule has 4 rings (SSSR count). The standard InChI is InChI=1S/C26H27NO4/c1-4-31-26(29)23-16(2)27-21-14-19(17-9-6-5-7-10-17)15-22(28)25(21)24(23)18-11-8-12-20(13-18)30-3/h5-14,19,24-25,27H,4,15H2,1-3H3. The van der Waals surface area contributed by atoms with Crippen molar-refractivity contribution in [3.05, 3.63) is 88.8 Å². The van der Waals surface area contributed by atoms with Crippen LogP contribution in [0, 0.1) is 5.92 Å². The molecule has 1 heterocycles. The lowest BCUT2D eigenvalue weighted by Gasteiger charge is -2.39. The van der Waals surface area contributed by atoms with Gasteiger partial charge in [-0.3, -0.25) is 4.79 Å². The molecule has 5 heteroatoms. The topological polar surface area (TPSA) is 64.6 Å². The van der Waals surface area contributed by atoms with E-state index in [4.69, 9.17) is 9.47 Å². The Morgan fingerprint density at radius 3 is 2.52 bits per heavy atom. The van der Waals surface area contributed by atoms with Crippen LogP contribution in [0.25, 0.3) is 0 Å². The SMILES string of the molecule is CCOC(=O)C1=C(C)NC2=CC(c3ccccc3)CC(=O)C2C1c1cccc(OC)c1. The van der Waals surface area contributed by atoms with Crippen molar-refractivity contribution in [3.63, 3.8) is 0 Å². The number of hydrogen-bond donors (Lipinski definition) is 1. The molecule has 1 N–H and O–H groups in total. The van der Waals surface area contributed by atoms with Crippen LogP contribution in [0.5, 0.6) is 5.75 Å². The first-order valence-electron chi connectivity index (χ1n) is 10.6. The van der Waals surface area contributed by atoms with Crippen LogP contribution in [0.3, 0.4) is 0 Å². The molecule has 0 fully saturated rings. The number of benzene rings is 2. The van der Waals surface area contributed by atoms with E-state index in [-0.39, 0.29) is 18.3 Å². The van der Waals surface area contributed by atoms with Gasteiger partial charge in [-0.15, -0.1) is 0 Å². The lowest BCUT2D eigenvalue weighted by molar-refractivity contribution is -0.139. The summed E-state index contributed by atoms with van der Waals surface area (Å²) in [6.45, 7) is 3.93. The highest BCUT2D eigenvalue weighted by Gasteiger charge is 2.45. The van der Waals surface area contributed by atoms with Gasteiger partial charge in [-0.25, -0.2) is 4.79 Å². The molecule has 2 aromatic carbocycles. The summed E-state index contributed by atoms with van der Waals surface area (Å²) in [4.78, 5) is 26.4. The molecule has 3 atom stereocenters. The average molecular weight is 418 g/mol. The van der Waals surface area contributed by atoms with E-state index in [0.29, 0.717) is 17.7 Å². The number of nitrogens with one attached hydrogen (secondary N) is 1. The zero-order valence-corrected chi connectivity index (χ0v) is 18.1. The van der Waals surface area contributed by atoms with E-state index >= 15 is 0 Å². The van der Waals surface area contributed by atoms with Crippen molar-refractivity contribution in [2.45, 2.75) is 32.1 Å². The van der Waals surface area contributed by atoms with E-state index in [0.717, 1.165) is 22.5 Å². The fraction of sp³-hybridized carbons (Fsp3) is 0.308. The van der Waals surface area contributed by atoms with Crippen molar-refractivity contribution in [2.75, 3.05) is 13.7 Å². The minimum absolute atomic E-state index is 0.00959. The van der Waals surface area contributed by atoms with Gasteiger partial charge >= 0.3 is 5.97 Å². The largest absolute Gasteiger partial charge is 0.497 e. The number of methoxy groups -OCH3 is 1. The molecule has 2 aliphatic rings. The maximum Gasteiger partial charge on any atom is 0.336 e. The van der Waals surface area contributed by atoms with Gasteiger partial charge in [-0.2, -0.15) is 0 Å². The van der Waals surface area contributed by atoms with Crippen molar-refractivity contribution < 1.29 is 19.1 Å². The predicted octanol–water partition coefficient (Wildman–Crippen LogP) is 4.48. The first-order chi connectivity index (χ1) is 15.0. The molecule has 0 bridgehead atoms. The first kappa shape index (κ1) is 20.9. The van der Waals surface area contributed by atoms with Crippen LogP contribution in [-0.4, -0.2) is 25.5 Å². The van der Waals surface area contributed by atoms with Gasteiger partial charge in [0.25, 0.3) is 0 Å².